The molecule has 1 rings (SSSR count). The van der Waals surface area contributed by atoms with E-state index < -0.39 is 5.91 Å². The van der Waals surface area contributed by atoms with Crippen LogP contribution in [-0.4, -0.2) is 18.5 Å². The highest BCUT2D eigenvalue weighted by Gasteiger charge is 2.03. The molecule has 0 atom stereocenters. The number of nitrogens with two attached hydrogens (primary N) is 1. The van der Waals surface area contributed by atoms with Gasteiger partial charge in [0, 0.05) is 17.8 Å². The zero-order chi connectivity index (χ0) is 12.8. The van der Waals surface area contributed by atoms with Crippen molar-refractivity contribution in [3.8, 4) is 0 Å². The zero-order valence-corrected chi connectivity index (χ0v) is 9.99. The minimum atomic E-state index is -0.485. The second kappa shape index (κ2) is 5.89. The van der Waals surface area contributed by atoms with Gasteiger partial charge in [-0.1, -0.05) is 13.8 Å². The van der Waals surface area contributed by atoms with Crippen LogP contribution in [0.5, 0.6) is 0 Å². The first-order valence-electron chi connectivity index (χ1n) is 5.43. The number of urea groups is 1. The third-order valence-electron chi connectivity index (χ3n) is 2.10. The predicted molar refractivity (Wildman–Crippen MR) is 66.8 cm³/mol. The molecule has 5 nitrogen and oxygen atoms in total. The second-order valence-corrected chi connectivity index (χ2v) is 4.17. The average molecular weight is 235 g/mol. The van der Waals surface area contributed by atoms with Crippen LogP contribution in [0.25, 0.3) is 0 Å². The molecule has 0 saturated carbocycles. The van der Waals surface area contributed by atoms with Gasteiger partial charge in [0.2, 0.25) is 5.91 Å². The quantitative estimate of drug-likeness (QED) is 0.740. The van der Waals surface area contributed by atoms with Crippen molar-refractivity contribution in [2.24, 2.45) is 11.7 Å². The van der Waals surface area contributed by atoms with Gasteiger partial charge in [-0.25, -0.2) is 4.79 Å². The maximum absolute atomic E-state index is 11.4. The highest BCUT2D eigenvalue weighted by molar-refractivity contribution is 5.94. The number of hydrogen-bond acceptors (Lipinski definition) is 2. The van der Waals surface area contributed by atoms with Gasteiger partial charge >= 0.3 is 6.03 Å². The number of carbonyl (C=O) groups is 2. The van der Waals surface area contributed by atoms with Gasteiger partial charge in [-0.2, -0.15) is 0 Å². The maximum Gasteiger partial charge on any atom is 0.319 e. The molecule has 0 radical (unpaired) electrons. The van der Waals surface area contributed by atoms with E-state index in [1.165, 1.54) is 0 Å². The molecule has 0 saturated heterocycles. The standard InChI is InChI=1S/C12H17N3O2/c1-8(2)7-14-12(17)15-10-5-3-9(4-6-10)11(13)16/h3-6,8H,7H2,1-2H3,(H2,13,16)(H2,14,15,17). The van der Waals surface area contributed by atoms with Crippen LogP contribution in [0.1, 0.15) is 24.2 Å². The first-order chi connectivity index (χ1) is 7.99. The Balaban J connectivity index is 2.51. The summed E-state index contributed by atoms with van der Waals surface area (Å²) in [6, 6.07) is 6.15. The molecule has 0 spiro atoms. The van der Waals surface area contributed by atoms with Gasteiger partial charge in [0.05, 0.1) is 0 Å². The molecule has 0 unspecified atom stereocenters. The van der Waals surface area contributed by atoms with E-state index in [0.717, 1.165) is 0 Å². The molecule has 92 valence electrons. The van der Waals surface area contributed by atoms with E-state index >= 15 is 0 Å². The Bertz CT molecular complexity index is 399. The number of benzene rings is 1. The van der Waals surface area contributed by atoms with Gasteiger partial charge in [0.25, 0.3) is 0 Å². The number of amides is 3. The summed E-state index contributed by atoms with van der Waals surface area (Å²) in [7, 11) is 0. The third kappa shape index (κ3) is 4.55. The van der Waals surface area contributed by atoms with Gasteiger partial charge < -0.3 is 16.4 Å². The topological polar surface area (TPSA) is 84.2 Å². The van der Waals surface area contributed by atoms with E-state index in [9.17, 15) is 9.59 Å². The van der Waals surface area contributed by atoms with Crippen molar-refractivity contribution in [2.45, 2.75) is 13.8 Å². The summed E-state index contributed by atoms with van der Waals surface area (Å²) < 4.78 is 0. The highest BCUT2D eigenvalue weighted by atomic mass is 16.2. The monoisotopic (exact) mass is 235 g/mol. The lowest BCUT2D eigenvalue weighted by Crippen LogP contribution is -2.31. The summed E-state index contributed by atoms with van der Waals surface area (Å²) in [5, 5.41) is 5.39. The van der Waals surface area contributed by atoms with Crippen LogP contribution in [0.3, 0.4) is 0 Å². The molecule has 4 N–H and O–H groups in total. The van der Waals surface area contributed by atoms with Crippen LogP contribution >= 0.6 is 0 Å². The molecule has 17 heavy (non-hydrogen) atoms. The van der Waals surface area contributed by atoms with Gasteiger partial charge in [0.1, 0.15) is 0 Å². The van der Waals surface area contributed by atoms with Crippen LogP contribution in [0.4, 0.5) is 10.5 Å². The van der Waals surface area contributed by atoms with Crippen LogP contribution < -0.4 is 16.4 Å². The molecular weight excluding hydrogens is 218 g/mol. The summed E-state index contributed by atoms with van der Waals surface area (Å²) in [5.41, 5.74) is 6.14. The number of primary amides is 1. The van der Waals surface area contributed by atoms with Gasteiger partial charge in [-0.05, 0) is 30.2 Å². The Kier molecular flexibility index (Phi) is 4.51. The molecular formula is C12H17N3O2. The molecule has 3 amide bonds. The molecule has 1 aromatic carbocycles. The van der Waals surface area contributed by atoms with Crippen LogP contribution in [-0.2, 0) is 0 Å². The van der Waals surface area contributed by atoms with Crippen molar-refractivity contribution in [1.82, 2.24) is 5.32 Å². The molecule has 1 aromatic rings. The maximum atomic E-state index is 11.4. The minimum absolute atomic E-state index is 0.259. The third-order valence-corrected chi connectivity index (χ3v) is 2.10. The number of anilines is 1. The Labute approximate surface area is 100 Å². The lowest BCUT2D eigenvalue weighted by molar-refractivity contribution is 0.100. The van der Waals surface area contributed by atoms with Crippen molar-refractivity contribution in [3.63, 3.8) is 0 Å². The molecule has 0 bridgehead atoms. The molecule has 0 aliphatic heterocycles. The Morgan fingerprint density at radius 2 is 1.82 bits per heavy atom. The SMILES string of the molecule is CC(C)CNC(=O)Nc1ccc(C(N)=O)cc1. The van der Waals surface area contributed by atoms with E-state index in [1.807, 2.05) is 13.8 Å². The number of hydrogen-bond donors (Lipinski definition) is 3. The molecule has 0 aliphatic carbocycles. The predicted octanol–water partition coefficient (Wildman–Crippen LogP) is 1.56. The van der Waals surface area contributed by atoms with Crippen molar-refractivity contribution in [2.75, 3.05) is 11.9 Å². The fourth-order valence-corrected chi connectivity index (χ4v) is 1.19. The zero-order valence-electron chi connectivity index (χ0n) is 9.99. The smallest absolute Gasteiger partial charge is 0.319 e. The van der Waals surface area contributed by atoms with Crippen molar-refractivity contribution in [3.05, 3.63) is 29.8 Å². The van der Waals surface area contributed by atoms with Gasteiger partial charge in [-0.3, -0.25) is 4.79 Å². The Morgan fingerprint density at radius 1 is 1.24 bits per heavy atom. The molecule has 0 aromatic heterocycles. The molecule has 5 heteroatoms. The lowest BCUT2D eigenvalue weighted by Gasteiger charge is -2.09. The summed E-state index contributed by atoms with van der Waals surface area (Å²) in [6.45, 7) is 4.65. The van der Waals surface area contributed by atoms with Crippen molar-refractivity contribution in [1.29, 1.82) is 0 Å². The summed E-state index contributed by atoms with van der Waals surface area (Å²) in [4.78, 5) is 22.3. The number of nitrogens with one attached hydrogen (secondary N) is 2. The summed E-state index contributed by atoms with van der Waals surface area (Å²) in [5.74, 6) is -0.0844. The van der Waals surface area contributed by atoms with E-state index in [-0.39, 0.29) is 6.03 Å². The van der Waals surface area contributed by atoms with Crippen LogP contribution in [0, 0.1) is 5.92 Å². The van der Waals surface area contributed by atoms with Crippen molar-refractivity contribution < 1.29 is 9.59 Å². The molecule has 0 heterocycles. The number of rotatable bonds is 4. The minimum Gasteiger partial charge on any atom is -0.366 e. The van der Waals surface area contributed by atoms with E-state index in [4.69, 9.17) is 5.73 Å². The van der Waals surface area contributed by atoms with E-state index in [2.05, 4.69) is 10.6 Å². The average Bonchev–Trinajstić information content (AvgIpc) is 2.27. The van der Waals surface area contributed by atoms with Gasteiger partial charge in [-0.15, -0.1) is 0 Å². The van der Waals surface area contributed by atoms with E-state index in [1.54, 1.807) is 24.3 Å². The fraction of sp³-hybridized carbons (Fsp3) is 0.333. The molecule has 0 fully saturated rings. The molecule has 0 aliphatic rings. The van der Waals surface area contributed by atoms with Crippen LogP contribution in [0.2, 0.25) is 0 Å². The second-order valence-electron chi connectivity index (χ2n) is 4.17. The first kappa shape index (κ1) is 13.0. The Hall–Kier alpha value is -2.04. The van der Waals surface area contributed by atoms with Crippen molar-refractivity contribution >= 4 is 17.6 Å². The van der Waals surface area contributed by atoms with Gasteiger partial charge in [0.15, 0.2) is 0 Å². The number of carbonyl (C=O) groups excluding carboxylic acids is 2. The largest absolute Gasteiger partial charge is 0.366 e. The fourth-order valence-electron chi connectivity index (χ4n) is 1.19. The summed E-state index contributed by atoms with van der Waals surface area (Å²) in [6.07, 6.45) is 0. The Morgan fingerprint density at radius 3 is 2.29 bits per heavy atom. The van der Waals surface area contributed by atoms with E-state index in [0.29, 0.717) is 23.7 Å². The first-order valence-corrected chi connectivity index (χ1v) is 5.43. The van der Waals surface area contributed by atoms with Crippen LogP contribution in [0.15, 0.2) is 24.3 Å². The summed E-state index contributed by atoms with van der Waals surface area (Å²) >= 11 is 0. The lowest BCUT2D eigenvalue weighted by atomic mass is 10.2. The normalized spacial score (nSPS) is 10.1. The highest BCUT2D eigenvalue weighted by Crippen LogP contribution is 2.08.